The maximum Gasteiger partial charge on any atom is 0.234 e. The molecule has 1 N–H and O–H groups in total. The fraction of sp³-hybridized carbons (Fsp3) is 0.400. The zero-order chi connectivity index (χ0) is 23.1. The average molecular weight is 453 g/mol. The first-order valence-corrected chi connectivity index (χ1v) is 12.0. The number of amides is 1. The number of nitrogens with zero attached hydrogens (tertiary/aromatic N) is 3. The molecular formula is C25H32N4O2S. The van der Waals surface area contributed by atoms with Gasteiger partial charge in [-0.15, -0.1) is 10.2 Å². The molecule has 0 saturated carbocycles. The van der Waals surface area contributed by atoms with Crippen molar-refractivity contribution in [2.24, 2.45) is 5.92 Å². The largest absolute Gasteiger partial charge is 0.486 e. The number of ether oxygens (including phenoxy) is 1. The normalized spacial score (nSPS) is 11.1. The summed E-state index contributed by atoms with van der Waals surface area (Å²) in [6.45, 7) is 11.5. The molecule has 1 heterocycles. The predicted molar refractivity (Wildman–Crippen MR) is 130 cm³/mol. The van der Waals surface area contributed by atoms with Gasteiger partial charge in [0.15, 0.2) is 11.0 Å². The fourth-order valence-corrected chi connectivity index (χ4v) is 4.00. The molecule has 0 aliphatic heterocycles. The van der Waals surface area contributed by atoms with Gasteiger partial charge in [0.25, 0.3) is 0 Å². The molecule has 6 nitrogen and oxygen atoms in total. The molecule has 3 rings (SSSR count). The Hall–Kier alpha value is -2.80. The molecule has 7 heteroatoms. The number of aryl methyl sites for hydroxylation is 3. The summed E-state index contributed by atoms with van der Waals surface area (Å²) in [5.41, 5.74) is 4.29. The first kappa shape index (κ1) is 23.9. The molecule has 0 atom stereocenters. The number of hydrogen-bond donors (Lipinski definition) is 1. The minimum Gasteiger partial charge on any atom is -0.486 e. The van der Waals surface area contributed by atoms with E-state index < -0.39 is 0 Å². The highest BCUT2D eigenvalue weighted by atomic mass is 32.2. The fourth-order valence-electron chi connectivity index (χ4n) is 3.24. The van der Waals surface area contributed by atoms with E-state index in [1.54, 1.807) is 0 Å². The van der Waals surface area contributed by atoms with Crippen molar-refractivity contribution >= 4 is 23.4 Å². The topological polar surface area (TPSA) is 69.0 Å². The van der Waals surface area contributed by atoms with Crippen molar-refractivity contribution in [3.8, 4) is 5.75 Å². The predicted octanol–water partition coefficient (Wildman–Crippen LogP) is 5.42. The van der Waals surface area contributed by atoms with E-state index >= 15 is 0 Å². The Bertz CT molecular complexity index is 1040. The number of anilines is 1. The Morgan fingerprint density at radius 3 is 2.56 bits per heavy atom. The van der Waals surface area contributed by atoms with Gasteiger partial charge in [-0.05, 0) is 61.1 Å². The smallest absolute Gasteiger partial charge is 0.234 e. The van der Waals surface area contributed by atoms with Crippen molar-refractivity contribution in [3.63, 3.8) is 0 Å². The summed E-state index contributed by atoms with van der Waals surface area (Å²) in [5.74, 6) is 2.19. The molecule has 1 amide bonds. The lowest BCUT2D eigenvalue weighted by Crippen LogP contribution is -2.16. The number of aromatic nitrogens is 3. The van der Waals surface area contributed by atoms with Crippen molar-refractivity contribution in [3.05, 3.63) is 65.0 Å². The molecule has 0 fully saturated rings. The number of nitrogens with one attached hydrogen (secondary N) is 1. The van der Waals surface area contributed by atoms with Crippen molar-refractivity contribution in [2.45, 2.75) is 59.3 Å². The van der Waals surface area contributed by atoms with E-state index in [-0.39, 0.29) is 11.7 Å². The zero-order valence-corrected chi connectivity index (χ0v) is 20.3. The van der Waals surface area contributed by atoms with Crippen LogP contribution in [0.2, 0.25) is 0 Å². The third-order valence-corrected chi connectivity index (χ3v) is 6.01. The minimum absolute atomic E-state index is 0.0587. The summed E-state index contributed by atoms with van der Waals surface area (Å²) in [5, 5.41) is 12.4. The van der Waals surface area contributed by atoms with Crippen LogP contribution in [0.3, 0.4) is 0 Å². The molecule has 3 aromatic rings. The highest BCUT2D eigenvalue weighted by Crippen LogP contribution is 2.22. The average Bonchev–Trinajstić information content (AvgIpc) is 3.14. The standard InChI is InChI=1S/C25H32N4O2S/c1-6-20-9-11-21(12-10-20)31-15-23-27-28-25(29(23)14-17(2)3)32-16-24(30)26-22-13-18(4)7-8-19(22)5/h7-13,17H,6,14-16H2,1-5H3,(H,26,30). The van der Waals surface area contributed by atoms with Crippen molar-refractivity contribution in [2.75, 3.05) is 11.1 Å². The monoisotopic (exact) mass is 452 g/mol. The molecule has 2 aromatic carbocycles. The lowest BCUT2D eigenvalue weighted by Gasteiger charge is -2.13. The number of carbonyl (C=O) groups excluding carboxylic acids is 1. The summed E-state index contributed by atoms with van der Waals surface area (Å²) < 4.78 is 8.00. The molecule has 0 aliphatic rings. The van der Waals surface area contributed by atoms with Crippen LogP contribution in [0, 0.1) is 19.8 Å². The van der Waals surface area contributed by atoms with Crippen LogP contribution in [-0.4, -0.2) is 26.4 Å². The van der Waals surface area contributed by atoms with Gasteiger partial charge in [0, 0.05) is 12.2 Å². The van der Waals surface area contributed by atoms with Gasteiger partial charge >= 0.3 is 0 Å². The van der Waals surface area contributed by atoms with Crippen molar-refractivity contribution < 1.29 is 9.53 Å². The lowest BCUT2D eigenvalue weighted by atomic mass is 10.1. The van der Waals surface area contributed by atoms with Crippen LogP contribution in [0.5, 0.6) is 5.75 Å². The zero-order valence-electron chi connectivity index (χ0n) is 19.5. The van der Waals surface area contributed by atoms with E-state index in [1.807, 2.05) is 44.2 Å². The third kappa shape index (κ3) is 6.60. The number of rotatable bonds is 10. The molecule has 0 aliphatic carbocycles. The number of hydrogen-bond acceptors (Lipinski definition) is 5. The van der Waals surface area contributed by atoms with Gasteiger partial charge in [0.2, 0.25) is 5.91 Å². The molecular weight excluding hydrogens is 420 g/mol. The molecule has 1 aromatic heterocycles. The number of benzene rings is 2. The Balaban J connectivity index is 1.64. The van der Waals surface area contributed by atoms with Gasteiger partial charge in [0.05, 0.1) is 5.75 Å². The molecule has 0 bridgehead atoms. The van der Waals surface area contributed by atoms with Crippen LogP contribution in [0.25, 0.3) is 0 Å². The van der Waals surface area contributed by atoms with Crippen LogP contribution in [0.1, 0.15) is 43.3 Å². The van der Waals surface area contributed by atoms with Gasteiger partial charge < -0.3 is 14.6 Å². The van der Waals surface area contributed by atoms with Crippen LogP contribution in [0.15, 0.2) is 47.6 Å². The maximum absolute atomic E-state index is 12.5. The van der Waals surface area contributed by atoms with E-state index in [1.165, 1.54) is 17.3 Å². The Labute approximate surface area is 194 Å². The highest BCUT2D eigenvalue weighted by Gasteiger charge is 2.16. The Morgan fingerprint density at radius 2 is 1.88 bits per heavy atom. The van der Waals surface area contributed by atoms with Crippen LogP contribution < -0.4 is 10.1 Å². The summed E-state index contributed by atoms with van der Waals surface area (Å²) in [6.07, 6.45) is 1.00. The summed E-state index contributed by atoms with van der Waals surface area (Å²) in [7, 11) is 0. The van der Waals surface area contributed by atoms with E-state index in [2.05, 4.69) is 53.0 Å². The molecule has 32 heavy (non-hydrogen) atoms. The molecule has 170 valence electrons. The molecule has 0 saturated heterocycles. The third-order valence-electron chi connectivity index (χ3n) is 5.04. The van der Waals surface area contributed by atoms with E-state index in [0.29, 0.717) is 12.5 Å². The second kappa shape index (κ2) is 11.2. The first-order valence-electron chi connectivity index (χ1n) is 11.0. The van der Waals surface area contributed by atoms with Gasteiger partial charge in [-0.1, -0.05) is 56.8 Å². The molecule has 0 spiro atoms. The SMILES string of the molecule is CCc1ccc(OCc2nnc(SCC(=O)Nc3cc(C)ccc3C)n2CC(C)C)cc1. The lowest BCUT2D eigenvalue weighted by molar-refractivity contribution is -0.113. The first-order chi connectivity index (χ1) is 15.4. The number of carbonyl (C=O) groups is 1. The Kier molecular flexibility index (Phi) is 8.33. The van der Waals surface area contributed by atoms with Gasteiger partial charge in [-0.2, -0.15) is 0 Å². The minimum atomic E-state index is -0.0587. The van der Waals surface area contributed by atoms with Gasteiger partial charge in [-0.3, -0.25) is 4.79 Å². The van der Waals surface area contributed by atoms with Crippen LogP contribution in [0.4, 0.5) is 5.69 Å². The quantitative estimate of drug-likeness (QED) is 0.416. The second-order valence-electron chi connectivity index (χ2n) is 8.34. The van der Waals surface area contributed by atoms with Crippen molar-refractivity contribution in [1.29, 1.82) is 0 Å². The van der Waals surface area contributed by atoms with Crippen molar-refractivity contribution in [1.82, 2.24) is 14.8 Å². The van der Waals surface area contributed by atoms with E-state index in [4.69, 9.17) is 4.74 Å². The van der Waals surface area contributed by atoms with Gasteiger partial charge in [0.1, 0.15) is 12.4 Å². The molecule has 0 unspecified atom stereocenters. The molecule has 0 radical (unpaired) electrons. The van der Waals surface area contributed by atoms with E-state index in [0.717, 1.165) is 46.5 Å². The van der Waals surface area contributed by atoms with E-state index in [9.17, 15) is 4.79 Å². The second-order valence-corrected chi connectivity index (χ2v) is 9.29. The van der Waals surface area contributed by atoms with Crippen LogP contribution in [-0.2, 0) is 24.4 Å². The highest BCUT2D eigenvalue weighted by molar-refractivity contribution is 7.99. The number of thioether (sulfide) groups is 1. The Morgan fingerprint density at radius 1 is 1.12 bits per heavy atom. The maximum atomic E-state index is 12.5. The summed E-state index contributed by atoms with van der Waals surface area (Å²) in [4.78, 5) is 12.5. The van der Waals surface area contributed by atoms with Crippen LogP contribution >= 0.6 is 11.8 Å². The van der Waals surface area contributed by atoms with Gasteiger partial charge in [-0.25, -0.2) is 0 Å². The summed E-state index contributed by atoms with van der Waals surface area (Å²) in [6, 6.07) is 14.1. The summed E-state index contributed by atoms with van der Waals surface area (Å²) >= 11 is 1.40.